The average Bonchev–Trinajstić information content (AvgIpc) is 2.47. The average molecular weight is 331 g/mol. The summed E-state index contributed by atoms with van der Waals surface area (Å²) < 4.78 is 5.06. The molecular formula is C16H24Cl2N2O. The van der Waals surface area contributed by atoms with Gasteiger partial charge in [-0.25, -0.2) is 0 Å². The molecule has 1 saturated heterocycles. The number of nitrogens with one attached hydrogen (secondary N) is 1. The van der Waals surface area contributed by atoms with Gasteiger partial charge in [0.1, 0.15) is 0 Å². The first-order valence-electron chi connectivity index (χ1n) is 7.55. The largest absolute Gasteiger partial charge is 0.383 e. The molecule has 0 spiro atoms. The number of hydrogen-bond acceptors (Lipinski definition) is 3. The van der Waals surface area contributed by atoms with Crippen LogP contribution in [0, 0.1) is 5.92 Å². The van der Waals surface area contributed by atoms with Gasteiger partial charge in [0.15, 0.2) is 0 Å². The maximum absolute atomic E-state index is 6.27. The number of rotatable bonds is 7. The highest BCUT2D eigenvalue weighted by Gasteiger charge is 2.20. The third-order valence-corrected chi connectivity index (χ3v) is 4.52. The van der Waals surface area contributed by atoms with E-state index in [1.165, 1.54) is 12.8 Å². The van der Waals surface area contributed by atoms with Crippen LogP contribution in [0.4, 0.5) is 0 Å². The molecule has 0 bridgehead atoms. The summed E-state index contributed by atoms with van der Waals surface area (Å²) in [5.74, 6) is 0.710. The molecular weight excluding hydrogens is 307 g/mol. The Kier molecular flexibility index (Phi) is 7.27. The molecule has 1 fully saturated rings. The Morgan fingerprint density at radius 1 is 1.38 bits per heavy atom. The number of halogens is 2. The van der Waals surface area contributed by atoms with Crippen LogP contribution in [0.5, 0.6) is 0 Å². The van der Waals surface area contributed by atoms with E-state index in [9.17, 15) is 0 Å². The topological polar surface area (TPSA) is 24.5 Å². The van der Waals surface area contributed by atoms with Crippen LogP contribution >= 0.6 is 23.2 Å². The van der Waals surface area contributed by atoms with Crippen molar-refractivity contribution in [3.8, 4) is 0 Å². The molecule has 1 unspecified atom stereocenters. The fourth-order valence-electron chi connectivity index (χ4n) is 2.83. The first-order valence-corrected chi connectivity index (χ1v) is 8.30. The monoisotopic (exact) mass is 330 g/mol. The van der Waals surface area contributed by atoms with Crippen LogP contribution in [0.25, 0.3) is 0 Å². The molecule has 1 aromatic rings. The van der Waals surface area contributed by atoms with Crippen LogP contribution in [0.1, 0.15) is 18.4 Å². The first-order chi connectivity index (χ1) is 10.2. The van der Waals surface area contributed by atoms with Crippen LogP contribution in [-0.4, -0.2) is 44.8 Å². The molecule has 1 aliphatic heterocycles. The van der Waals surface area contributed by atoms with E-state index < -0.39 is 0 Å². The highest BCUT2D eigenvalue weighted by molar-refractivity contribution is 6.35. The molecule has 0 amide bonds. The Morgan fingerprint density at radius 2 is 2.24 bits per heavy atom. The van der Waals surface area contributed by atoms with Gasteiger partial charge in [-0.05, 0) is 49.5 Å². The van der Waals surface area contributed by atoms with Gasteiger partial charge in [0, 0.05) is 36.8 Å². The quantitative estimate of drug-likeness (QED) is 0.775. The number of piperidine rings is 1. The second-order valence-electron chi connectivity index (χ2n) is 5.68. The zero-order valence-corrected chi connectivity index (χ0v) is 14.1. The zero-order chi connectivity index (χ0) is 15.1. The molecule has 1 N–H and O–H groups in total. The lowest BCUT2D eigenvalue weighted by Gasteiger charge is -2.33. The molecule has 5 heteroatoms. The number of likely N-dealkylation sites (tertiary alicyclic amines) is 1. The third kappa shape index (κ3) is 5.76. The van der Waals surface area contributed by atoms with Gasteiger partial charge in [-0.2, -0.15) is 0 Å². The molecule has 1 heterocycles. The Bertz CT molecular complexity index is 442. The molecule has 0 radical (unpaired) electrons. The van der Waals surface area contributed by atoms with E-state index in [0.29, 0.717) is 10.9 Å². The van der Waals surface area contributed by atoms with Crippen molar-refractivity contribution in [3.05, 3.63) is 33.8 Å². The number of methoxy groups -OCH3 is 1. The number of hydrogen-bond donors (Lipinski definition) is 1. The normalized spacial score (nSPS) is 19.9. The van der Waals surface area contributed by atoms with Crippen LogP contribution in [-0.2, 0) is 11.3 Å². The van der Waals surface area contributed by atoms with Crippen molar-refractivity contribution in [2.75, 3.05) is 39.9 Å². The van der Waals surface area contributed by atoms with E-state index in [-0.39, 0.29) is 0 Å². The van der Waals surface area contributed by atoms with Crippen LogP contribution < -0.4 is 5.32 Å². The van der Waals surface area contributed by atoms with E-state index in [4.69, 9.17) is 27.9 Å². The smallest absolute Gasteiger partial charge is 0.0587 e. The minimum atomic E-state index is 0.697. The highest BCUT2D eigenvalue weighted by Crippen LogP contribution is 2.24. The van der Waals surface area contributed by atoms with Crippen molar-refractivity contribution in [1.82, 2.24) is 10.2 Å². The zero-order valence-electron chi connectivity index (χ0n) is 12.6. The van der Waals surface area contributed by atoms with Crippen molar-refractivity contribution < 1.29 is 4.74 Å². The SMILES string of the molecule is COCCNCC1CCCN(Cc2ccc(Cl)cc2Cl)C1. The van der Waals surface area contributed by atoms with E-state index in [1.54, 1.807) is 7.11 Å². The van der Waals surface area contributed by atoms with E-state index in [0.717, 1.165) is 49.9 Å². The maximum Gasteiger partial charge on any atom is 0.0587 e. The summed E-state index contributed by atoms with van der Waals surface area (Å²) in [7, 11) is 1.74. The van der Waals surface area contributed by atoms with Gasteiger partial charge < -0.3 is 10.1 Å². The Morgan fingerprint density at radius 3 is 3.00 bits per heavy atom. The lowest BCUT2D eigenvalue weighted by Crippen LogP contribution is -2.39. The molecule has 1 aromatic carbocycles. The molecule has 1 atom stereocenters. The van der Waals surface area contributed by atoms with Crippen molar-refractivity contribution in [2.45, 2.75) is 19.4 Å². The van der Waals surface area contributed by atoms with E-state index in [1.807, 2.05) is 18.2 Å². The molecule has 0 saturated carbocycles. The Balaban J connectivity index is 1.80. The van der Waals surface area contributed by atoms with Gasteiger partial charge in [0.2, 0.25) is 0 Å². The summed E-state index contributed by atoms with van der Waals surface area (Å²) in [5, 5.41) is 4.93. The van der Waals surface area contributed by atoms with Crippen LogP contribution in [0.2, 0.25) is 10.0 Å². The van der Waals surface area contributed by atoms with Crippen molar-refractivity contribution in [2.24, 2.45) is 5.92 Å². The van der Waals surface area contributed by atoms with Crippen molar-refractivity contribution >= 4 is 23.2 Å². The fourth-order valence-corrected chi connectivity index (χ4v) is 3.30. The van der Waals surface area contributed by atoms with Gasteiger partial charge in [0.25, 0.3) is 0 Å². The number of ether oxygens (including phenoxy) is 1. The molecule has 3 nitrogen and oxygen atoms in total. The van der Waals surface area contributed by atoms with Gasteiger partial charge >= 0.3 is 0 Å². The molecule has 21 heavy (non-hydrogen) atoms. The molecule has 2 rings (SSSR count). The third-order valence-electron chi connectivity index (χ3n) is 3.93. The highest BCUT2D eigenvalue weighted by atomic mass is 35.5. The second kappa shape index (κ2) is 8.96. The number of benzene rings is 1. The first kappa shape index (κ1) is 17.0. The maximum atomic E-state index is 6.27. The minimum Gasteiger partial charge on any atom is -0.383 e. The Hall–Kier alpha value is -0.320. The predicted molar refractivity (Wildman–Crippen MR) is 89.2 cm³/mol. The summed E-state index contributed by atoms with van der Waals surface area (Å²) in [4.78, 5) is 2.49. The van der Waals surface area contributed by atoms with Crippen LogP contribution in [0.15, 0.2) is 18.2 Å². The Labute approximate surface area is 137 Å². The molecule has 0 aliphatic carbocycles. The summed E-state index contributed by atoms with van der Waals surface area (Å²) in [6.45, 7) is 5.94. The minimum absolute atomic E-state index is 0.697. The van der Waals surface area contributed by atoms with Crippen molar-refractivity contribution in [1.29, 1.82) is 0 Å². The van der Waals surface area contributed by atoms with Gasteiger partial charge in [-0.15, -0.1) is 0 Å². The van der Waals surface area contributed by atoms with Gasteiger partial charge in [0.05, 0.1) is 6.61 Å². The summed E-state index contributed by atoms with van der Waals surface area (Å²) in [6, 6.07) is 5.77. The molecule has 0 aromatic heterocycles. The standard InChI is InChI=1S/C16H24Cl2N2O/c1-21-8-6-19-10-13-3-2-7-20(11-13)12-14-4-5-15(17)9-16(14)18/h4-5,9,13,19H,2-3,6-8,10-12H2,1H3. The van der Waals surface area contributed by atoms with Crippen molar-refractivity contribution in [3.63, 3.8) is 0 Å². The summed E-state index contributed by atoms with van der Waals surface area (Å²) in [5.41, 5.74) is 1.16. The van der Waals surface area contributed by atoms with Crippen LogP contribution in [0.3, 0.4) is 0 Å². The van der Waals surface area contributed by atoms with E-state index in [2.05, 4.69) is 10.2 Å². The fraction of sp³-hybridized carbons (Fsp3) is 0.625. The lowest BCUT2D eigenvalue weighted by atomic mass is 9.97. The van der Waals surface area contributed by atoms with Gasteiger partial charge in [-0.3, -0.25) is 4.90 Å². The summed E-state index contributed by atoms with van der Waals surface area (Å²) >= 11 is 12.2. The second-order valence-corrected chi connectivity index (χ2v) is 6.52. The van der Waals surface area contributed by atoms with E-state index >= 15 is 0 Å². The predicted octanol–water partition coefficient (Wildman–Crippen LogP) is 3.44. The van der Waals surface area contributed by atoms with Gasteiger partial charge in [-0.1, -0.05) is 29.3 Å². The summed E-state index contributed by atoms with van der Waals surface area (Å²) in [6.07, 6.45) is 2.55. The molecule has 1 aliphatic rings. The lowest BCUT2D eigenvalue weighted by molar-refractivity contribution is 0.159. The number of nitrogens with zero attached hydrogens (tertiary/aromatic N) is 1. The molecule has 118 valence electrons.